The Labute approximate surface area is 243 Å². The highest BCUT2D eigenvalue weighted by Gasteiger charge is 2.53. The second-order valence-corrected chi connectivity index (χ2v) is 11.5. The topological polar surface area (TPSA) is 313 Å². The van der Waals surface area contributed by atoms with Crippen molar-refractivity contribution in [3.05, 3.63) is 0 Å². The lowest BCUT2D eigenvalue weighted by Gasteiger charge is -2.50. The third-order valence-corrected chi connectivity index (χ3v) is 8.57. The molecule has 17 N–H and O–H groups in total. The maximum absolute atomic E-state index is 11.6. The molecule has 0 aromatic carbocycles. The fourth-order valence-corrected chi connectivity index (χ4v) is 5.86. The molecule has 4 aliphatic rings. The summed E-state index contributed by atoms with van der Waals surface area (Å²) in [5.41, 5.74) is 18.1. The summed E-state index contributed by atoms with van der Waals surface area (Å²) < 4.78 is 23.7. The molecule has 0 unspecified atom stereocenters. The Bertz CT molecular complexity index is 831. The zero-order valence-electron chi connectivity index (χ0n) is 23.2. The second kappa shape index (κ2) is 15.0. The first-order chi connectivity index (χ1) is 20.0. The van der Waals surface area contributed by atoms with E-state index < -0.39 is 118 Å². The molecule has 4 fully saturated rings. The van der Waals surface area contributed by atoms with E-state index in [-0.39, 0.29) is 19.0 Å². The average Bonchev–Trinajstić information content (AvgIpc) is 2.95. The Balaban J connectivity index is 1.57. The number of ether oxygens (including phenoxy) is 4. The Hall–Kier alpha value is -0.720. The molecule has 3 aliphatic heterocycles. The number of rotatable bonds is 12. The quantitative estimate of drug-likeness (QED) is 0.0972. The van der Waals surface area contributed by atoms with Crippen molar-refractivity contribution in [2.75, 3.05) is 39.5 Å². The minimum absolute atomic E-state index is 0.0338. The Morgan fingerprint density at radius 3 is 2.02 bits per heavy atom. The van der Waals surface area contributed by atoms with Gasteiger partial charge in [0.15, 0.2) is 12.6 Å². The molecule has 4 rings (SSSR count). The van der Waals surface area contributed by atoms with Gasteiger partial charge in [0.25, 0.3) is 0 Å². The Morgan fingerprint density at radius 1 is 0.810 bits per heavy atom. The summed E-state index contributed by atoms with van der Waals surface area (Å²) in [6.45, 7) is -0.398. The minimum atomic E-state index is -1.55. The van der Waals surface area contributed by atoms with Crippen molar-refractivity contribution in [3.63, 3.8) is 0 Å². The van der Waals surface area contributed by atoms with Crippen molar-refractivity contribution in [2.24, 2.45) is 17.2 Å². The lowest BCUT2D eigenvalue weighted by Crippen LogP contribution is -2.72. The van der Waals surface area contributed by atoms with Crippen molar-refractivity contribution in [2.45, 2.75) is 110 Å². The molecule has 42 heavy (non-hydrogen) atoms. The van der Waals surface area contributed by atoms with Crippen molar-refractivity contribution in [3.8, 4) is 0 Å². The lowest BCUT2D eigenvalue weighted by molar-refractivity contribution is -0.321. The fourth-order valence-electron chi connectivity index (χ4n) is 5.86. The van der Waals surface area contributed by atoms with E-state index in [0.29, 0.717) is 13.1 Å². The molecule has 3 saturated heterocycles. The van der Waals surface area contributed by atoms with Crippen LogP contribution in [0.15, 0.2) is 0 Å². The maximum atomic E-state index is 11.6. The normalized spacial score (nSPS) is 47.0. The van der Waals surface area contributed by atoms with Gasteiger partial charge in [0.2, 0.25) is 0 Å². The van der Waals surface area contributed by atoms with Crippen LogP contribution in [-0.4, -0.2) is 184 Å². The monoisotopic (exact) mass is 612 g/mol. The molecule has 15 atom stereocenters. The van der Waals surface area contributed by atoms with Gasteiger partial charge in [-0.1, -0.05) is 0 Å². The zero-order chi connectivity index (χ0) is 30.7. The summed E-state index contributed by atoms with van der Waals surface area (Å²) in [5.74, 6) is 0. The van der Waals surface area contributed by atoms with Gasteiger partial charge < -0.3 is 93.0 Å². The van der Waals surface area contributed by atoms with E-state index in [2.05, 4.69) is 16.0 Å². The van der Waals surface area contributed by atoms with Crippen molar-refractivity contribution in [1.82, 2.24) is 16.0 Å². The van der Waals surface area contributed by atoms with Gasteiger partial charge in [0, 0.05) is 37.8 Å². The van der Waals surface area contributed by atoms with Gasteiger partial charge in [-0.3, -0.25) is 0 Å². The summed E-state index contributed by atoms with van der Waals surface area (Å²) >= 11 is 0. The average molecular weight is 613 g/mol. The summed E-state index contributed by atoms with van der Waals surface area (Å²) in [4.78, 5) is 0. The SMILES string of the molecule is NC[C@H]1O[C@H](O[C@H]2[C@H](O)[C@@H](O[C@H]3O[C@H](CO)[C@@H](O)[C@H](N)[C@H]3O)[C@H](NC(CO)CO)C[C@@H]2N)[C@H](NC2CNC2)[C@@H](O)[C@@H]1O. The van der Waals surface area contributed by atoms with Crippen LogP contribution in [0, 0.1) is 0 Å². The molecule has 18 nitrogen and oxygen atoms in total. The first-order valence-electron chi connectivity index (χ1n) is 14.3. The molecule has 0 radical (unpaired) electrons. The highest BCUT2D eigenvalue weighted by Crippen LogP contribution is 2.32. The number of nitrogens with one attached hydrogen (secondary N) is 3. The molecule has 0 amide bonds. The predicted molar refractivity (Wildman–Crippen MR) is 142 cm³/mol. The van der Waals surface area contributed by atoms with Crippen molar-refractivity contribution >= 4 is 0 Å². The number of hydrogen-bond acceptors (Lipinski definition) is 18. The minimum Gasteiger partial charge on any atom is -0.395 e. The lowest BCUT2D eigenvalue weighted by atomic mass is 9.83. The maximum Gasteiger partial charge on any atom is 0.186 e. The van der Waals surface area contributed by atoms with Crippen LogP contribution in [0.3, 0.4) is 0 Å². The molecule has 0 bridgehead atoms. The van der Waals surface area contributed by atoms with Crippen LogP contribution in [0.2, 0.25) is 0 Å². The Morgan fingerprint density at radius 2 is 1.45 bits per heavy atom. The van der Waals surface area contributed by atoms with Crippen LogP contribution in [0.5, 0.6) is 0 Å². The smallest absolute Gasteiger partial charge is 0.186 e. The molecular weight excluding hydrogens is 564 g/mol. The van der Waals surface area contributed by atoms with Gasteiger partial charge >= 0.3 is 0 Å². The first kappa shape index (κ1) is 34.2. The van der Waals surface area contributed by atoms with Gasteiger partial charge in [0.1, 0.15) is 54.9 Å². The molecular formula is C24H48N6O12. The second-order valence-electron chi connectivity index (χ2n) is 11.5. The summed E-state index contributed by atoms with van der Waals surface area (Å²) in [5, 5.41) is 92.2. The highest BCUT2D eigenvalue weighted by molar-refractivity contribution is 5.04. The van der Waals surface area contributed by atoms with E-state index in [4.69, 9.17) is 36.1 Å². The van der Waals surface area contributed by atoms with Gasteiger partial charge in [-0.2, -0.15) is 0 Å². The molecule has 18 heteroatoms. The van der Waals surface area contributed by atoms with E-state index in [1.54, 1.807) is 0 Å². The number of nitrogens with two attached hydrogens (primary N) is 3. The summed E-state index contributed by atoms with van der Waals surface area (Å²) in [6, 6.07) is -4.67. The van der Waals surface area contributed by atoms with E-state index in [1.165, 1.54) is 0 Å². The summed E-state index contributed by atoms with van der Waals surface area (Å²) in [7, 11) is 0. The van der Waals surface area contributed by atoms with Crippen LogP contribution in [0.25, 0.3) is 0 Å². The third kappa shape index (κ3) is 7.22. The van der Waals surface area contributed by atoms with Crippen LogP contribution in [-0.2, 0) is 18.9 Å². The van der Waals surface area contributed by atoms with Crippen molar-refractivity contribution < 1.29 is 59.8 Å². The molecule has 246 valence electrons. The van der Waals surface area contributed by atoms with Gasteiger partial charge in [-0.25, -0.2) is 0 Å². The molecule has 3 heterocycles. The molecule has 1 saturated carbocycles. The number of aliphatic hydroxyl groups excluding tert-OH is 8. The third-order valence-electron chi connectivity index (χ3n) is 8.57. The standard InChI is InChI=1S/C24H48N6O12/c25-2-12-17(35)19(37)15(30-8-3-28-4-8)23(39-12)41-21-10(26)1-11(29-9(5-31)6-32)22(20(21)38)42-24-18(36)14(27)16(34)13(7-33)40-24/h8-24,28-38H,1-7,25-27H2/t10-,11+,12+,13+,14-,15+,16+,17+,18+,19+,20-,21+,22-,23+,24+/m0/s1. The van der Waals surface area contributed by atoms with E-state index in [0.717, 1.165) is 0 Å². The molecule has 0 spiro atoms. The molecule has 1 aliphatic carbocycles. The number of hydrogen-bond donors (Lipinski definition) is 14. The van der Waals surface area contributed by atoms with E-state index >= 15 is 0 Å². The van der Waals surface area contributed by atoms with Crippen LogP contribution in [0.1, 0.15) is 6.42 Å². The van der Waals surface area contributed by atoms with Crippen LogP contribution >= 0.6 is 0 Å². The van der Waals surface area contributed by atoms with Gasteiger partial charge in [-0.15, -0.1) is 0 Å². The zero-order valence-corrected chi connectivity index (χ0v) is 23.2. The van der Waals surface area contributed by atoms with Crippen LogP contribution in [0.4, 0.5) is 0 Å². The number of aliphatic hydroxyl groups is 8. The van der Waals surface area contributed by atoms with E-state index in [9.17, 15) is 40.9 Å². The van der Waals surface area contributed by atoms with Crippen molar-refractivity contribution in [1.29, 1.82) is 0 Å². The predicted octanol–water partition coefficient (Wildman–Crippen LogP) is -8.74. The van der Waals surface area contributed by atoms with Gasteiger partial charge in [-0.05, 0) is 6.42 Å². The van der Waals surface area contributed by atoms with E-state index in [1.807, 2.05) is 0 Å². The molecule has 0 aromatic heterocycles. The highest BCUT2D eigenvalue weighted by atomic mass is 16.7. The summed E-state index contributed by atoms with van der Waals surface area (Å²) in [6.07, 6.45) is -14.3. The fraction of sp³-hybridized carbons (Fsp3) is 1.00. The van der Waals surface area contributed by atoms with Gasteiger partial charge in [0.05, 0.1) is 37.9 Å². The molecule has 0 aromatic rings. The largest absolute Gasteiger partial charge is 0.395 e. The van der Waals surface area contributed by atoms with Crippen LogP contribution < -0.4 is 33.2 Å². The first-order valence-corrected chi connectivity index (χ1v) is 14.3. The Kier molecular flexibility index (Phi) is 12.2.